The summed E-state index contributed by atoms with van der Waals surface area (Å²) in [5.74, 6) is -1.03. The number of hydrogen-bond acceptors (Lipinski definition) is 7. The van der Waals surface area contributed by atoms with E-state index < -0.39 is 23.8 Å². The first-order valence-corrected chi connectivity index (χ1v) is 12.2. The second-order valence-corrected chi connectivity index (χ2v) is 8.50. The topological polar surface area (TPSA) is 111 Å². The molecular formula is C25H25IN2O7. The fourth-order valence-electron chi connectivity index (χ4n) is 3.30. The molecule has 0 aromatic heterocycles. The lowest BCUT2D eigenvalue weighted by Crippen LogP contribution is -2.54. The van der Waals surface area contributed by atoms with E-state index in [-0.39, 0.29) is 23.4 Å². The van der Waals surface area contributed by atoms with Crippen LogP contribution in [-0.2, 0) is 14.3 Å². The van der Waals surface area contributed by atoms with Crippen LogP contribution in [0.2, 0.25) is 0 Å². The zero-order valence-electron chi connectivity index (χ0n) is 19.6. The lowest BCUT2D eigenvalue weighted by molar-refractivity contribution is -0.122. The summed E-state index contributed by atoms with van der Waals surface area (Å²) in [6.45, 7) is 6.68. The molecule has 184 valence electrons. The third kappa shape index (κ3) is 5.99. The largest absolute Gasteiger partial charge is 0.490 e. The summed E-state index contributed by atoms with van der Waals surface area (Å²) in [6.07, 6.45) is 2.23. The summed E-state index contributed by atoms with van der Waals surface area (Å²) in [7, 11) is 0. The highest BCUT2D eigenvalue weighted by Crippen LogP contribution is 2.35. The van der Waals surface area contributed by atoms with E-state index >= 15 is 0 Å². The van der Waals surface area contributed by atoms with Crippen molar-refractivity contribution in [1.82, 2.24) is 5.32 Å². The summed E-state index contributed by atoms with van der Waals surface area (Å²) in [5.41, 5.74) is 0.786. The van der Waals surface area contributed by atoms with E-state index in [9.17, 15) is 19.2 Å². The van der Waals surface area contributed by atoms with Crippen molar-refractivity contribution in [3.8, 4) is 11.5 Å². The number of amides is 4. The van der Waals surface area contributed by atoms with Crippen LogP contribution in [0, 0.1) is 3.57 Å². The van der Waals surface area contributed by atoms with Gasteiger partial charge in [0, 0.05) is 0 Å². The van der Waals surface area contributed by atoms with Crippen LogP contribution < -0.4 is 19.7 Å². The summed E-state index contributed by atoms with van der Waals surface area (Å²) in [6, 6.07) is 8.32. The highest BCUT2D eigenvalue weighted by Gasteiger charge is 2.37. The van der Waals surface area contributed by atoms with Gasteiger partial charge in [-0.05, 0) is 90.9 Å². The van der Waals surface area contributed by atoms with Gasteiger partial charge in [0.25, 0.3) is 11.8 Å². The third-order valence-corrected chi connectivity index (χ3v) is 5.63. The molecule has 0 bridgehead atoms. The minimum Gasteiger partial charge on any atom is -0.490 e. The lowest BCUT2D eigenvalue weighted by Gasteiger charge is -2.26. The zero-order valence-corrected chi connectivity index (χ0v) is 21.7. The normalized spacial score (nSPS) is 14.7. The molecule has 10 heteroatoms. The van der Waals surface area contributed by atoms with Crippen molar-refractivity contribution >= 4 is 58.2 Å². The predicted molar refractivity (Wildman–Crippen MR) is 138 cm³/mol. The number of nitrogens with one attached hydrogen (secondary N) is 1. The van der Waals surface area contributed by atoms with Crippen LogP contribution in [0.4, 0.5) is 10.5 Å². The Kier molecular flexibility index (Phi) is 8.85. The van der Waals surface area contributed by atoms with E-state index in [0.29, 0.717) is 30.3 Å². The highest BCUT2D eigenvalue weighted by atomic mass is 127. The first kappa shape index (κ1) is 26.2. The van der Waals surface area contributed by atoms with Crippen LogP contribution >= 0.6 is 22.6 Å². The summed E-state index contributed by atoms with van der Waals surface area (Å²) in [5, 5.41) is 2.19. The van der Waals surface area contributed by atoms with Gasteiger partial charge in [0.1, 0.15) is 5.57 Å². The number of barbiturate groups is 1. The maximum Gasteiger partial charge on any atom is 0.338 e. The molecule has 1 heterocycles. The number of carbonyl (C=O) groups excluding carboxylic acids is 4. The molecule has 0 unspecified atom stereocenters. The van der Waals surface area contributed by atoms with E-state index in [1.165, 1.54) is 30.3 Å². The Hall–Kier alpha value is -3.41. The molecule has 1 N–H and O–H groups in total. The average molecular weight is 592 g/mol. The fourth-order valence-corrected chi connectivity index (χ4v) is 4.08. The number of anilines is 1. The standard InChI is InChI=1S/C25H25IN2O7/c1-4-11-35-21-19(26)13-15(14-20(21)33-5-2)12-18-22(29)27-25(32)28(23(18)30)17-9-7-16(8-10-17)24(31)34-6-3/h7-10,12-14H,4-6,11H2,1-3H3,(H,27,29,32)/b18-12+. The number of benzene rings is 2. The van der Waals surface area contributed by atoms with Crippen molar-refractivity contribution < 1.29 is 33.4 Å². The molecule has 0 spiro atoms. The number of ether oxygens (including phenoxy) is 3. The maximum absolute atomic E-state index is 13.2. The number of imide groups is 2. The van der Waals surface area contributed by atoms with E-state index in [1.807, 2.05) is 13.8 Å². The fraction of sp³-hybridized carbons (Fsp3) is 0.280. The molecule has 1 fully saturated rings. The summed E-state index contributed by atoms with van der Waals surface area (Å²) in [4.78, 5) is 51.0. The van der Waals surface area contributed by atoms with Crippen LogP contribution in [0.25, 0.3) is 6.08 Å². The quantitative estimate of drug-likeness (QED) is 0.200. The zero-order chi connectivity index (χ0) is 25.5. The summed E-state index contributed by atoms with van der Waals surface area (Å²) >= 11 is 2.10. The van der Waals surface area contributed by atoms with Gasteiger partial charge in [-0.15, -0.1) is 0 Å². The Labute approximate surface area is 216 Å². The van der Waals surface area contributed by atoms with Crippen molar-refractivity contribution in [2.24, 2.45) is 0 Å². The van der Waals surface area contributed by atoms with Gasteiger partial charge in [-0.1, -0.05) is 6.92 Å². The Bertz CT molecular complexity index is 1180. The number of hydrogen-bond donors (Lipinski definition) is 1. The van der Waals surface area contributed by atoms with Gasteiger partial charge in [0.05, 0.1) is 34.6 Å². The molecule has 9 nitrogen and oxygen atoms in total. The number of carbonyl (C=O) groups is 4. The molecule has 1 saturated heterocycles. The molecule has 1 aliphatic heterocycles. The van der Waals surface area contributed by atoms with E-state index in [1.54, 1.807) is 19.1 Å². The van der Waals surface area contributed by atoms with Gasteiger partial charge >= 0.3 is 12.0 Å². The second kappa shape index (κ2) is 11.8. The van der Waals surface area contributed by atoms with Gasteiger partial charge in [0.2, 0.25) is 0 Å². The van der Waals surface area contributed by atoms with E-state index in [0.717, 1.165) is 14.9 Å². The smallest absolute Gasteiger partial charge is 0.338 e. The number of urea groups is 1. The molecule has 0 atom stereocenters. The second-order valence-electron chi connectivity index (χ2n) is 7.34. The lowest BCUT2D eigenvalue weighted by atomic mass is 10.1. The molecule has 0 saturated carbocycles. The van der Waals surface area contributed by atoms with Crippen LogP contribution in [0.5, 0.6) is 11.5 Å². The molecule has 2 aromatic carbocycles. The molecule has 0 radical (unpaired) electrons. The maximum atomic E-state index is 13.2. The van der Waals surface area contributed by atoms with Gasteiger partial charge in [-0.25, -0.2) is 14.5 Å². The number of esters is 1. The molecule has 35 heavy (non-hydrogen) atoms. The molecule has 1 aliphatic rings. The summed E-state index contributed by atoms with van der Waals surface area (Å²) < 4.78 is 17.2. The Balaban J connectivity index is 1.96. The van der Waals surface area contributed by atoms with Crippen LogP contribution in [0.3, 0.4) is 0 Å². The van der Waals surface area contributed by atoms with Gasteiger partial charge in [0.15, 0.2) is 11.5 Å². The SMILES string of the molecule is CCCOc1c(I)cc(/C=C2\C(=O)NC(=O)N(c3ccc(C(=O)OCC)cc3)C2=O)cc1OCC. The highest BCUT2D eigenvalue weighted by molar-refractivity contribution is 14.1. The Morgan fingerprint density at radius 3 is 2.37 bits per heavy atom. The van der Waals surface area contributed by atoms with E-state index in [4.69, 9.17) is 14.2 Å². The predicted octanol–water partition coefficient (Wildman–Crippen LogP) is 4.32. The van der Waals surface area contributed by atoms with Crippen LogP contribution in [0.1, 0.15) is 43.1 Å². The average Bonchev–Trinajstić information content (AvgIpc) is 2.82. The molecule has 0 aliphatic carbocycles. The third-order valence-electron chi connectivity index (χ3n) is 4.83. The van der Waals surface area contributed by atoms with Crippen molar-refractivity contribution in [3.63, 3.8) is 0 Å². The number of nitrogens with zero attached hydrogens (tertiary/aromatic N) is 1. The molecule has 3 rings (SSSR count). The van der Waals surface area contributed by atoms with Gasteiger partial charge in [-0.2, -0.15) is 0 Å². The first-order chi connectivity index (χ1) is 16.8. The Morgan fingerprint density at radius 1 is 1.03 bits per heavy atom. The number of halogens is 1. The van der Waals surface area contributed by atoms with Crippen molar-refractivity contribution in [2.75, 3.05) is 24.7 Å². The first-order valence-electron chi connectivity index (χ1n) is 11.1. The van der Waals surface area contributed by atoms with Crippen LogP contribution in [-0.4, -0.2) is 43.6 Å². The van der Waals surface area contributed by atoms with Crippen LogP contribution in [0.15, 0.2) is 42.0 Å². The monoisotopic (exact) mass is 592 g/mol. The van der Waals surface area contributed by atoms with Gasteiger partial charge < -0.3 is 14.2 Å². The number of rotatable bonds is 9. The van der Waals surface area contributed by atoms with Crippen molar-refractivity contribution in [2.45, 2.75) is 27.2 Å². The minimum atomic E-state index is -0.881. The van der Waals surface area contributed by atoms with Crippen molar-refractivity contribution in [3.05, 3.63) is 56.7 Å². The van der Waals surface area contributed by atoms with E-state index in [2.05, 4.69) is 27.9 Å². The molecule has 4 amide bonds. The van der Waals surface area contributed by atoms with Crippen molar-refractivity contribution in [1.29, 1.82) is 0 Å². The molecular weight excluding hydrogens is 567 g/mol. The Morgan fingerprint density at radius 2 is 1.74 bits per heavy atom. The minimum absolute atomic E-state index is 0.201. The van der Waals surface area contributed by atoms with Gasteiger partial charge in [-0.3, -0.25) is 14.9 Å². The molecule has 2 aromatic rings.